The SMILES string of the molecule is C[C@H](NC(=O)OC(C)(C)C)C(=O)N1CCC(CCn2c(Sc3cc4c(cc3Br)OCO4)nc3c(N)ncnc32)CC1.C[C@H](NC(=O)OC(C)(C)C)C(=O)N1CCC(CCn2cnc(=N)c3[nH]c(Sc4cc5c(cc4Br)OCO5)nc32)CC1.Cc1ccc(S(=O)(=O)OCCC2CCN(C(=O)[C@H](C)NC(=O)OC(C)(C)C)CC2)cc1.Nc1ncnc2nc(Sc3cc4c(cc3Br)OCO4)[nH]c12. The highest BCUT2D eigenvalue weighted by Gasteiger charge is 2.35. The standard InChI is InChI=1S/2C27H34BrN7O5S.C22H34N2O6S.C12H8BrN5O2S/c1-15(31-26(37)40-27(2,3)4)24(36)34-8-5-16(6-9-34)7-10-35-13-30-22(29)21-23(35)33-25(32-21)41-20-12-19-18(11-17(20)28)38-14-39-19;1-15(32-26(37)40-27(2,3)4)24(36)34-8-5-16(6-9-34)7-10-35-23-21(22(29)30-13-31-23)33-25(35)41-20-12-19-18(11-17(20)28)38-14-39-19;1-16-6-8-19(9-7-16)31(27,28)29-15-12-18-10-13-24(14-11-18)20(25)17(2)23-21(26)30-22(3,4)5;13-5-1-6-7(20-4-19-6)2-8(5)21-12-17-9-10(14)15-3-16-11(9)18-12/h11-13,15-16,29H,5-10,14H2,1-4H3,(H,31,37)(H,32,33);11-13,15-16H,5-10,14H2,1-4H3,(H,32,37)(H2,29,30,31);6-9,17-18H,10-15H2,1-5H3,(H,23,26);1-3H,4H2,(H3,14,15,16,17,18)/t2*15-;17-;/m000./s1. The van der Waals surface area contributed by atoms with Crippen LogP contribution in [-0.4, -0.2) is 219 Å². The molecule has 0 saturated carbocycles. The van der Waals surface area contributed by atoms with E-state index >= 15 is 0 Å². The second-order valence-corrected chi connectivity index (χ2v) is 42.8. The van der Waals surface area contributed by atoms with Gasteiger partial charge in [0, 0.05) is 80.5 Å². The second-order valence-electron chi connectivity index (χ2n) is 35.6. The Labute approximate surface area is 812 Å². The zero-order valence-electron chi connectivity index (χ0n) is 76.4. The molecule has 3 saturated heterocycles. The third kappa shape index (κ3) is 27.2. The van der Waals surface area contributed by atoms with E-state index in [9.17, 15) is 37.2 Å². The fourth-order valence-corrected chi connectivity index (χ4v) is 20.2. The summed E-state index contributed by atoms with van der Waals surface area (Å²) < 4.78 is 84.8. The topological polar surface area (TPSA) is 495 Å². The number of likely N-dealkylation sites (tertiary alicyclic amines) is 3. The molecule has 720 valence electrons. The van der Waals surface area contributed by atoms with Crippen molar-refractivity contribution >= 4 is 174 Å². The van der Waals surface area contributed by atoms with Crippen LogP contribution >= 0.6 is 83.1 Å². The molecule has 16 rings (SSSR count). The molecule has 0 unspecified atom stereocenters. The number of amides is 6. The minimum atomic E-state index is -3.75. The Morgan fingerprint density at radius 3 is 1.35 bits per heavy atom. The Hall–Kier alpha value is -10.7. The van der Waals surface area contributed by atoms with Gasteiger partial charge in [0.25, 0.3) is 10.1 Å². The van der Waals surface area contributed by atoms with Gasteiger partial charge in [0.2, 0.25) is 38.1 Å². The first-order valence-electron chi connectivity index (χ1n) is 43.6. The molecule has 0 radical (unpaired) electrons. The molecule has 0 spiro atoms. The lowest BCUT2D eigenvalue weighted by Crippen LogP contribution is -2.50. The Morgan fingerprint density at radius 2 is 0.910 bits per heavy atom. The number of nitrogens with one attached hydrogen (secondary N) is 6. The number of aryl methyl sites for hydroxylation is 3. The number of anilines is 2. The Morgan fingerprint density at radius 1 is 0.515 bits per heavy atom. The van der Waals surface area contributed by atoms with E-state index < -0.39 is 63.3 Å². The molecule has 6 amide bonds. The molecule has 134 heavy (non-hydrogen) atoms. The van der Waals surface area contributed by atoms with Crippen molar-refractivity contribution in [2.45, 2.75) is 231 Å². The molecule has 0 aliphatic carbocycles. The van der Waals surface area contributed by atoms with Crippen LogP contribution in [0.5, 0.6) is 34.5 Å². The van der Waals surface area contributed by atoms with Crippen LogP contribution in [0.4, 0.5) is 26.0 Å². The van der Waals surface area contributed by atoms with Crippen molar-refractivity contribution in [2.75, 3.05) is 77.7 Å². The number of piperidine rings is 3. The number of nitrogens with two attached hydrogens (primary N) is 2. The number of hydrogen-bond acceptors (Lipinski definition) is 32. The zero-order chi connectivity index (χ0) is 96.3. The van der Waals surface area contributed by atoms with Crippen LogP contribution < -0.4 is 61.3 Å². The van der Waals surface area contributed by atoms with Crippen molar-refractivity contribution in [3.8, 4) is 34.5 Å². The van der Waals surface area contributed by atoms with Gasteiger partial charge in [-0.15, -0.1) is 0 Å². The molecular formula is C88H110Br3N21O18S4. The van der Waals surface area contributed by atoms with Gasteiger partial charge in [-0.1, -0.05) is 53.0 Å². The van der Waals surface area contributed by atoms with Gasteiger partial charge in [-0.25, -0.2) is 54.3 Å². The number of nitrogens with zero attached hydrogens (tertiary/aromatic N) is 13. The van der Waals surface area contributed by atoms with Gasteiger partial charge in [0.1, 0.15) is 58.6 Å². The monoisotopic (exact) mass is 2110 g/mol. The first-order chi connectivity index (χ1) is 63.5. The first kappa shape index (κ1) is 101. The molecule has 6 aliphatic rings. The summed E-state index contributed by atoms with van der Waals surface area (Å²) in [5, 5.41) is 18.2. The van der Waals surface area contributed by atoms with Gasteiger partial charge < -0.3 is 104 Å². The minimum absolute atomic E-state index is 0.101. The van der Waals surface area contributed by atoms with E-state index in [0.717, 1.165) is 102 Å². The molecule has 3 atom stereocenters. The smallest absolute Gasteiger partial charge is 0.408 e. The molecule has 46 heteroatoms. The average molecular weight is 2120 g/mol. The summed E-state index contributed by atoms with van der Waals surface area (Å²) in [6, 6.07) is 16.0. The van der Waals surface area contributed by atoms with Crippen LogP contribution in [0.15, 0.2) is 128 Å². The normalized spacial score (nSPS) is 15.8. The number of halogens is 3. The number of H-pyrrole nitrogens is 2. The number of imidazole rings is 3. The van der Waals surface area contributed by atoms with E-state index in [2.05, 4.69) is 108 Å². The summed E-state index contributed by atoms with van der Waals surface area (Å²) in [4.78, 5) is 124. The highest BCUT2D eigenvalue weighted by molar-refractivity contribution is 9.11. The largest absolute Gasteiger partial charge is 0.454 e. The number of aromatic amines is 2. The molecule has 4 aromatic carbocycles. The fourth-order valence-electron chi connectivity index (χ4n) is 15.0. The lowest BCUT2D eigenvalue weighted by Gasteiger charge is -2.34. The molecule has 0 bridgehead atoms. The number of hydrogen-bond donors (Lipinski definition) is 8. The number of nitrogen functional groups attached to an aromatic ring is 2. The molecule has 39 nitrogen and oxygen atoms in total. The number of fused-ring (bicyclic) bond motifs is 6. The van der Waals surface area contributed by atoms with Crippen LogP contribution in [0.2, 0.25) is 0 Å². The predicted octanol–water partition coefficient (Wildman–Crippen LogP) is 14.8. The van der Waals surface area contributed by atoms with Crippen molar-refractivity contribution in [3.63, 3.8) is 0 Å². The average Bonchev–Trinajstić information content (AvgIpc) is 1.66. The van der Waals surface area contributed by atoms with Gasteiger partial charge in [0.05, 0.1) is 17.8 Å². The fraction of sp³-hybridized carbons (Fsp3) is 0.489. The number of rotatable bonds is 23. The van der Waals surface area contributed by atoms with Crippen molar-refractivity contribution < 1.29 is 84.0 Å². The molecule has 10 N–H and O–H groups in total. The zero-order valence-corrected chi connectivity index (χ0v) is 84.4. The summed E-state index contributed by atoms with van der Waals surface area (Å²) >= 11 is 15.1. The summed E-state index contributed by atoms with van der Waals surface area (Å²) in [6.07, 6.45) is 10.1. The maximum atomic E-state index is 12.9. The molecule has 12 heterocycles. The van der Waals surface area contributed by atoms with Gasteiger partial charge in [-0.05, 0) is 262 Å². The summed E-state index contributed by atoms with van der Waals surface area (Å²) in [7, 11) is -3.75. The number of carbonyl (C=O) groups is 6. The third-order valence-electron chi connectivity index (χ3n) is 21.9. The van der Waals surface area contributed by atoms with E-state index in [1.54, 1.807) is 119 Å². The summed E-state index contributed by atoms with van der Waals surface area (Å²) in [5.74, 6) is 5.71. The quantitative estimate of drug-likeness (QED) is 0.0218. The molecule has 6 aromatic heterocycles. The Balaban J connectivity index is 0.000000155. The molecular weight excluding hydrogens is 2010 g/mol. The van der Waals surface area contributed by atoms with E-state index in [0.29, 0.717) is 149 Å². The van der Waals surface area contributed by atoms with Gasteiger partial charge in [-0.2, -0.15) is 8.42 Å². The number of benzene rings is 4. The highest BCUT2D eigenvalue weighted by Crippen LogP contribution is 2.47. The van der Waals surface area contributed by atoms with Gasteiger partial charge in [0.15, 0.2) is 89.5 Å². The van der Waals surface area contributed by atoms with E-state index in [-0.39, 0.29) is 61.0 Å². The highest BCUT2D eigenvalue weighted by atomic mass is 79.9. The van der Waals surface area contributed by atoms with Gasteiger partial charge >= 0.3 is 18.3 Å². The number of carbonyl (C=O) groups excluding carboxylic acids is 6. The van der Waals surface area contributed by atoms with Crippen LogP contribution in [0.1, 0.15) is 146 Å². The van der Waals surface area contributed by atoms with E-state index in [1.165, 1.54) is 47.9 Å². The molecule has 3 fully saturated rings. The summed E-state index contributed by atoms with van der Waals surface area (Å²) in [5.41, 5.74) is 14.9. The number of alkyl carbamates (subject to hydrolysis) is 3. The molecule has 6 aliphatic heterocycles. The molecule has 10 aromatic rings. The van der Waals surface area contributed by atoms with Crippen molar-refractivity contribution in [1.29, 1.82) is 5.41 Å². The first-order valence-corrected chi connectivity index (χ1v) is 49.8. The Kier molecular flexibility index (Phi) is 33.1. The maximum Gasteiger partial charge on any atom is 0.408 e. The lowest BCUT2D eigenvalue weighted by molar-refractivity contribution is -0.135. The minimum Gasteiger partial charge on any atom is -0.454 e. The summed E-state index contributed by atoms with van der Waals surface area (Å²) in [6.45, 7) is 28.7. The third-order valence-corrected chi connectivity index (χ3v) is 28.9. The van der Waals surface area contributed by atoms with Crippen LogP contribution in [0.3, 0.4) is 0 Å². The van der Waals surface area contributed by atoms with Crippen molar-refractivity contribution in [3.05, 3.63) is 104 Å². The van der Waals surface area contributed by atoms with Gasteiger partial charge in [-0.3, -0.25) is 24.0 Å². The van der Waals surface area contributed by atoms with Crippen LogP contribution in [0, 0.1) is 30.1 Å². The van der Waals surface area contributed by atoms with Crippen LogP contribution in [-0.2, 0) is 56.0 Å². The Bertz CT molecular complexity index is 6110. The van der Waals surface area contributed by atoms with E-state index in [1.807, 2.05) is 57.7 Å². The lowest BCUT2D eigenvalue weighted by atomic mass is 9.93. The van der Waals surface area contributed by atoms with Crippen molar-refractivity contribution in [1.82, 2.24) is 89.6 Å². The second kappa shape index (κ2) is 44.0. The number of ether oxygens (including phenoxy) is 9. The van der Waals surface area contributed by atoms with E-state index in [4.69, 9.17) is 73.7 Å². The number of aromatic nitrogens is 12. The van der Waals surface area contributed by atoms with Crippen molar-refractivity contribution in [2.24, 2.45) is 17.8 Å². The van der Waals surface area contributed by atoms with Crippen LogP contribution in [0.25, 0.3) is 33.5 Å². The maximum absolute atomic E-state index is 12.9. The predicted molar refractivity (Wildman–Crippen MR) is 509 cm³/mol.